The summed E-state index contributed by atoms with van der Waals surface area (Å²) in [5, 5.41) is 2.77. The predicted octanol–water partition coefficient (Wildman–Crippen LogP) is 3.07. The Morgan fingerprint density at radius 3 is 2.32 bits per heavy atom. The highest BCUT2D eigenvalue weighted by molar-refractivity contribution is 5.95. The van der Waals surface area contributed by atoms with Gasteiger partial charge in [-0.1, -0.05) is 48.5 Å². The molecule has 160 valence electrons. The van der Waals surface area contributed by atoms with E-state index in [1.54, 1.807) is 31.4 Å². The molecule has 0 aliphatic rings. The summed E-state index contributed by atoms with van der Waals surface area (Å²) in [4.78, 5) is 23.6. The van der Waals surface area contributed by atoms with Gasteiger partial charge in [-0.2, -0.15) is 0 Å². The molecule has 3 aromatic rings. The fourth-order valence-corrected chi connectivity index (χ4v) is 2.87. The van der Waals surface area contributed by atoms with Crippen LogP contribution in [-0.4, -0.2) is 25.5 Å². The molecule has 3 rings (SSSR count). The van der Waals surface area contributed by atoms with Gasteiger partial charge >= 0.3 is 0 Å². The normalized spacial score (nSPS) is 10.2. The van der Waals surface area contributed by atoms with Crippen molar-refractivity contribution in [2.24, 2.45) is 5.73 Å². The molecule has 3 N–H and O–H groups in total. The van der Waals surface area contributed by atoms with E-state index in [1.807, 2.05) is 48.5 Å². The molecule has 7 nitrogen and oxygen atoms in total. The van der Waals surface area contributed by atoms with Gasteiger partial charge in [-0.3, -0.25) is 9.59 Å². The summed E-state index contributed by atoms with van der Waals surface area (Å²) in [7, 11) is 1.57. The van der Waals surface area contributed by atoms with Gasteiger partial charge in [-0.25, -0.2) is 0 Å². The van der Waals surface area contributed by atoms with Crippen LogP contribution in [0.4, 0.5) is 0 Å². The van der Waals surface area contributed by atoms with Crippen molar-refractivity contribution in [3.05, 3.63) is 89.5 Å². The molecular weight excluding hydrogens is 396 g/mol. The van der Waals surface area contributed by atoms with E-state index in [0.717, 1.165) is 11.1 Å². The van der Waals surface area contributed by atoms with Gasteiger partial charge in [0.1, 0.15) is 12.4 Å². The molecule has 0 unspecified atom stereocenters. The van der Waals surface area contributed by atoms with Gasteiger partial charge in [0, 0.05) is 6.54 Å². The minimum atomic E-state index is -0.613. The number of nitrogens with one attached hydrogen (secondary N) is 1. The van der Waals surface area contributed by atoms with Crippen LogP contribution in [0.15, 0.2) is 72.8 Å². The second-order valence-electron chi connectivity index (χ2n) is 6.69. The van der Waals surface area contributed by atoms with E-state index in [9.17, 15) is 9.59 Å². The number of carbonyl (C=O) groups is 2. The third-order valence-corrected chi connectivity index (χ3v) is 4.47. The highest BCUT2D eigenvalue weighted by atomic mass is 16.5. The first-order chi connectivity index (χ1) is 15.1. The Hall–Kier alpha value is -4.00. The van der Waals surface area contributed by atoms with Crippen LogP contribution in [0.1, 0.15) is 21.5 Å². The third kappa shape index (κ3) is 6.24. The number of benzene rings is 3. The molecule has 0 radical (unpaired) electrons. The largest absolute Gasteiger partial charge is 0.493 e. The quantitative estimate of drug-likeness (QED) is 0.525. The van der Waals surface area contributed by atoms with Gasteiger partial charge in [0.15, 0.2) is 18.1 Å². The van der Waals surface area contributed by atoms with Crippen LogP contribution >= 0.6 is 0 Å². The number of primary amides is 1. The minimum Gasteiger partial charge on any atom is -0.493 e. The van der Waals surface area contributed by atoms with Gasteiger partial charge in [-0.15, -0.1) is 0 Å². The van der Waals surface area contributed by atoms with Gasteiger partial charge in [0.25, 0.3) is 11.8 Å². The van der Waals surface area contributed by atoms with Crippen LogP contribution < -0.4 is 25.3 Å². The van der Waals surface area contributed by atoms with Crippen molar-refractivity contribution in [3.63, 3.8) is 0 Å². The van der Waals surface area contributed by atoms with E-state index >= 15 is 0 Å². The third-order valence-electron chi connectivity index (χ3n) is 4.47. The summed E-state index contributed by atoms with van der Waals surface area (Å²) >= 11 is 0. The monoisotopic (exact) mass is 420 g/mol. The smallest absolute Gasteiger partial charge is 0.258 e. The minimum absolute atomic E-state index is 0.228. The molecule has 0 aromatic heterocycles. The van der Waals surface area contributed by atoms with Crippen LogP contribution in [0.25, 0.3) is 0 Å². The molecule has 0 heterocycles. The van der Waals surface area contributed by atoms with E-state index < -0.39 is 5.91 Å². The van der Waals surface area contributed by atoms with Crippen molar-refractivity contribution in [1.82, 2.24) is 5.32 Å². The van der Waals surface area contributed by atoms with Crippen molar-refractivity contribution in [1.29, 1.82) is 0 Å². The van der Waals surface area contributed by atoms with Gasteiger partial charge in [0.05, 0.1) is 12.7 Å². The van der Waals surface area contributed by atoms with Crippen molar-refractivity contribution < 1.29 is 23.8 Å². The number of methoxy groups -OCH3 is 1. The van der Waals surface area contributed by atoms with Gasteiger partial charge < -0.3 is 25.3 Å². The number of para-hydroxylation sites is 1. The number of hydrogen-bond acceptors (Lipinski definition) is 5. The lowest BCUT2D eigenvalue weighted by Crippen LogP contribution is -2.28. The maximum atomic E-state index is 12.1. The first-order valence-electron chi connectivity index (χ1n) is 9.69. The number of rotatable bonds is 10. The van der Waals surface area contributed by atoms with E-state index in [2.05, 4.69) is 5.32 Å². The first-order valence-corrected chi connectivity index (χ1v) is 9.69. The van der Waals surface area contributed by atoms with Crippen molar-refractivity contribution in [3.8, 4) is 17.2 Å². The average molecular weight is 420 g/mol. The molecule has 0 fully saturated rings. The molecule has 0 saturated carbocycles. The van der Waals surface area contributed by atoms with E-state index in [1.165, 1.54) is 0 Å². The Morgan fingerprint density at radius 1 is 0.839 bits per heavy atom. The van der Waals surface area contributed by atoms with Crippen LogP contribution in [-0.2, 0) is 17.9 Å². The summed E-state index contributed by atoms with van der Waals surface area (Å²) in [5.74, 6) is 0.522. The molecule has 0 aliphatic carbocycles. The fourth-order valence-electron chi connectivity index (χ4n) is 2.87. The average Bonchev–Trinajstić information content (AvgIpc) is 2.81. The molecule has 0 aliphatic heterocycles. The second kappa shape index (κ2) is 10.7. The number of amides is 2. The summed E-state index contributed by atoms with van der Waals surface area (Å²) in [5.41, 5.74) is 7.43. The van der Waals surface area contributed by atoms with Crippen molar-refractivity contribution >= 4 is 11.8 Å². The molecule has 0 saturated heterocycles. The van der Waals surface area contributed by atoms with Gasteiger partial charge in [-0.05, 0) is 35.4 Å². The maximum Gasteiger partial charge on any atom is 0.258 e. The summed E-state index contributed by atoms with van der Waals surface area (Å²) in [6.45, 7) is 0.478. The SMILES string of the molecule is COc1cc(CNC(=O)COc2ccccc2C(N)=O)ccc1OCc1ccccc1. The Bertz CT molecular complexity index is 1040. The lowest BCUT2D eigenvalue weighted by atomic mass is 10.2. The van der Waals surface area contributed by atoms with Crippen molar-refractivity contribution in [2.75, 3.05) is 13.7 Å². The Morgan fingerprint density at radius 2 is 1.58 bits per heavy atom. The van der Waals surface area contributed by atoms with E-state index in [-0.39, 0.29) is 30.4 Å². The molecular formula is C24H24N2O5. The highest BCUT2D eigenvalue weighted by Crippen LogP contribution is 2.28. The molecule has 0 bridgehead atoms. The lowest BCUT2D eigenvalue weighted by Gasteiger charge is -2.13. The van der Waals surface area contributed by atoms with Crippen molar-refractivity contribution in [2.45, 2.75) is 13.2 Å². The fraction of sp³-hybridized carbons (Fsp3) is 0.167. The summed E-state index contributed by atoms with van der Waals surface area (Å²) < 4.78 is 16.7. The number of nitrogens with two attached hydrogens (primary N) is 1. The standard InChI is InChI=1S/C24H24N2O5/c1-29-22-13-18(11-12-21(22)30-15-17-7-3-2-4-8-17)14-26-23(27)16-31-20-10-6-5-9-19(20)24(25)28/h2-13H,14-16H2,1H3,(H2,25,28)(H,26,27). The Kier molecular flexibility index (Phi) is 7.48. The predicted molar refractivity (Wildman–Crippen MR) is 116 cm³/mol. The maximum absolute atomic E-state index is 12.1. The number of carbonyl (C=O) groups excluding carboxylic acids is 2. The summed E-state index contributed by atoms with van der Waals surface area (Å²) in [6, 6.07) is 21.8. The Balaban J connectivity index is 1.53. The van der Waals surface area contributed by atoms with E-state index in [4.69, 9.17) is 19.9 Å². The summed E-state index contributed by atoms with van der Waals surface area (Å²) in [6.07, 6.45) is 0. The zero-order valence-corrected chi connectivity index (χ0v) is 17.2. The van der Waals surface area contributed by atoms with Crippen LogP contribution in [0.3, 0.4) is 0 Å². The molecule has 0 spiro atoms. The Labute approximate surface area is 180 Å². The molecule has 7 heteroatoms. The van der Waals surface area contributed by atoms with Crippen LogP contribution in [0.5, 0.6) is 17.2 Å². The second-order valence-corrected chi connectivity index (χ2v) is 6.69. The number of hydrogen-bond donors (Lipinski definition) is 2. The molecule has 0 atom stereocenters. The zero-order valence-electron chi connectivity index (χ0n) is 17.2. The van der Waals surface area contributed by atoms with Crippen LogP contribution in [0, 0.1) is 0 Å². The zero-order chi connectivity index (χ0) is 22.1. The van der Waals surface area contributed by atoms with Crippen LogP contribution in [0.2, 0.25) is 0 Å². The first kappa shape index (κ1) is 21.7. The molecule has 31 heavy (non-hydrogen) atoms. The number of ether oxygens (including phenoxy) is 3. The van der Waals surface area contributed by atoms with E-state index in [0.29, 0.717) is 18.1 Å². The molecule has 2 amide bonds. The van der Waals surface area contributed by atoms with Gasteiger partial charge in [0.2, 0.25) is 0 Å². The highest BCUT2D eigenvalue weighted by Gasteiger charge is 2.11. The molecule has 3 aromatic carbocycles. The topological polar surface area (TPSA) is 99.9 Å². The lowest BCUT2D eigenvalue weighted by molar-refractivity contribution is -0.123.